The quantitative estimate of drug-likeness (QED) is 0.857. The highest BCUT2D eigenvalue weighted by atomic mass is 35.5. The summed E-state index contributed by atoms with van der Waals surface area (Å²) in [5.41, 5.74) is 2.24. The van der Waals surface area contributed by atoms with Crippen molar-refractivity contribution in [1.29, 1.82) is 0 Å². The van der Waals surface area contributed by atoms with Gasteiger partial charge in [-0.25, -0.2) is 0 Å². The lowest BCUT2D eigenvalue weighted by atomic mass is 10.1. The van der Waals surface area contributed by atoms with Gasteiger partial charge in [-0.15, -0.1) is 0 Å². The summed E-state index contributed by atoms with van der Waals surface area (Å²) in [5, 5.41) is 4.14. The number of hydrogen-bond donors (Lipinski definition) is 1. The molecule has 0 radical (unpaired) electrons. The van der Waals surface area contributed by atoms with E-state index in [1.165, 1.54) is 0 Å². The van der Waals surface area contributed by atoms with E-state index in [2.05, 4.69) is 10.2 Å². The Morgan fingerprint density at radius 1 is 1.31 bits per heavy atom. The van der Waals surface area contributed by atoms with Crippen molar-refractivity contribution in [1.82, 2.24) is 5.32 Å². The van der Waals surface area contributed by atoms with E-state index < -0.39 is 0 Å². The molecule has 2 rings (SSSR count). The molecule has 0 atom stereocenters. The summed E-state index contributed by atoms with van der Waals surface area (Å²) in [6.45, 7) is 6.06. The van der Waals surface area contributed by atoms with Crippen LogP contribution in [0.5, 0.6) is 5.75 Å². The van der Waals surface area contributed by atoms with E-state index >= 15 is 0 Å². The predicted molar refractivity (Wildman–Crippen MR) is 67.8 cm³/mol. The Bertz CT molecular complexity index is 376. The number of ether oxygens (including phenoxy) is 1. The third-order valence-corrected chi connectivity index (χ3v) is 3.39. The fraction of sp³-hybridized carbons (Fsp3) is 0.500. The number of benzene rings is 1. The zero-order chi connectivity index (χ0) is 11.5. The van der Waals surface area contributed by atoms with E-state index in [0.29, 0.717) is 0 Å². The molecule has 0 aliphatic carbocycles. The van der Waals surface area contributed by atoms with Crippen LogP contribution in [0.4, 0.5) is 5.69 Å². The molecule has 88 valence electrons. The van der Waals surface area contributed by atoms with E-state index in [-0.39, 0.29) is 0 Å². The van der Waals surface area contributed by atoms with Gasteiger partial charge in [0.2, 0.25) is 0 Å². The number of methoxy groups -OCH3 is 1. The first-order valence-electron chi connectivity index (χ1n) is 5.53. The van der Waals surface area contributed by atoms with E-state index in [0.717, 1.165) is 48.2 Å². The lowest BCUT2D eigenvalue weighted by molar-refractivity contribution is 0.412. The number of hydrogen-bond acceptors (Lipinski definition) is 3. The van der Waals surface area contributed by atoms with Gasteiger partial charge in [0.25, 0.3) is 0 Å². The van der Waals surface area contributed by atoms with Crippen LogP contribution in [0.25, 0.3) is 0 Å². The van der Waals surface area contributed by atoms with Crippen LogP contribution < -0.4 is 15.0 Å². The number of piperazine rings is 1. The van der Waals surface area contributed by atoms with Gasteiger partial charge in [-0.05, 0) is 24.6 Å². The highest BCUT2D eigenvalue weighted by Crippen LogP contribution is 2.36. The molecular formula is C12H17ClN2O. The Balaban J connectivity index is 2.39. The standard InChI is InChI=1S/C12H17ClN2O/c1-9-10(13)3-4-11(16-2)12(9)15-7-5-14-6-8-15/h3-4,14H,5-8H2,1-2H3. The molecule has 1 heterocycles. The predicted octanol–water partition coefficient (Wildman–Crippen LogP) is 2.07. The first kappa shape index (κ1) is 11.6. The zero-order valence-corrected chi connectivity index (χ0v) is 10.5. The molecule has 1 fully saturated rings. The molecular weight excluding hydrogens is 224 g/mol. The zero-order valence-electron chi connectivity index (χ0n) is 9.72. The summed E-state index contributed by atoms with van der Waals surface area (Å²) in [5.74, 6) is 0.906. The SMILES string of the molecule is COc1ccc(Cl)c(C)c1N1CCNCC1. The highest BCUT2D eigenvalue weighted by molar-refractivity contribution is 6.31. The van der Waals surface area contributed by atoms with Crippen LogP contribution in [0.3, 0.4) is 0 Å². The van der Waals surface area contributed by atoms with E-state index in [1.54, 1.807) is 7.11 Å². The second-order valence-corrected chi connectivity index (χ2v) is 4.37. The lowest BCUT2D eigenvalue weighted by Crippen LogP contribution is -2.44. The van der Waals surface area contributed by atoms with Crippen molar-refractivity contribution >= 4 is 17.3 Å². The Kier molecular flexibility index (Phi) is 3.56. The average molecular weight is 241 g/mol. The minimum Gasteiger partial charge on any atom is -0.495 e. The monoisotopic (exact) mass is 240 g/mol. The molecule has 0 spiro atoms. The van der Waals surface area contributed by atoms with Crippen molar-refractivity contribution in [3.63, 3.8) is 0 Å². The number of anilines is 1. The molecule has 1 saturated heterocycles. The molecule has 0 saturated carbocycles. The van der Waals surface area contributed by atoms with Crippen molar-refractivity contribution in [3.8, 4) is 5.75 Å². The van der Waals surface area contributed by atoms with Crippen LogP contribution in [-0.2, 0) is 0 Å². The second kappa shape index (κ2) is 4.93. The van der Waals surface area contributed by atoms with Crippen LogP contribution in [-0.4, -0.2) is 33.3 Å². The fourth-order valence-electron chi connectivity index (χ4n) is 2.10. The van der Waals surface area contributed by atoms with Gasteiger partial charge in [-0.2, -0.15) is 0 Å². The first-order valence-corrected chi connectivity index (χ1v) is 5.90. The third kappa shape index (κ3) is 2.11. The normalized spacial score (nSPS) is 16.3. The minimum absolute atomic E-state index is 0.800. The van der Waals surface area contributed by atoms with Gasteiger partial charge >= 0.3 is 0 Å². The van der Waals surface area contributed by atoms with Crippen LogP contribution in [0.1, 0.15) is 5.56 Å². The van der Waals surface area contributed by atoms with Crippen molar-refractivity contribution in [2.45, 2.75) is 6.92 Å². The number of nitrogens with zero attached hydrogens (tertiary/aromatic N) is 1. The molecule has 3 nitrogen and oxygen atoms in total. The summed E-state index contributed by atoms with van der Waals surface area (Å²) < 4.78 is 5.41. The fourth-order valence-corrected chi connectivity index (χ4v) is 2.25. The van der Waals surface area contributed by atoms with Crippen LogP contribution >= 0.6 is 11.6 Å². The Hall–Kier alpha value is -0.930. The summed E-state index contributed by atoms with van der Waals surface area (Å²) >= 11 is 6.16. The van der Waals surface area contributed by atoms with Gasteiger partial charge in [0.1, 0.15) is 5.75 Å². The van der Waals surface area contributed by atoms with Gasteiger partial charge < -0.3 is 15.0 Å². The molecule has 0 unspecified atom stereocenters. The average Bonchev–Trinajstić information content (AvgIpc) is 2.33. The second-order valence-electron chi connectivity index (χ2n) is 3.96. The lowest BCUT2D eigenvalue weighted by Gasteiger charge is -2.32. The van der Waals surface area contributed by atoms with E-state index in [1.807, 2.05) is 19.1 Å². The largest absolute Gasteiger partial charge is 0.495 e. The Morgan fingerprint density at radius 3 is 2.62 bits per heavy atom. The van der Waals surface area contributed by atoms with Gasteiger partial charge in [-0.1, -0.05) is 11.6 Å². The molecule has 0 amide bonds. The van der Waals surface area contributed by atoms with E-state index in [4.69, 9.17) is 16.3 Å². The molecule has 4 heteroatoms. The van der Waals surface area contributed by atoms with Gasteiger partial charge in [-0.3, -0.25) is 0 Å². The maximum Gasteiger partial charge on any atom is 0.142 e. The topological polar surface area (TPSA) is 24.5 Å². The molecule has 1 aromatic rings. The highest BCUT2D eigenvalue weighted by Gasteiger charge is 2.18. The summed E-state index contributed by atoms with van der Waals surface area (Å²) in [7, 11) is 1.70. The summed E-state index contributed by atoms with van der Waals surface area (Å²) in [6, 6.07) is 3.83. The molecule has 1 aromatic carbocycles. The number of rotatable bonds is 2. The van der Waals surface area contributed by atoms with Crippen molar-refractivity contribution in [2.24, 2.45) is 0 Å². The van der Waals surface area contributed by atoms with Gasteiger partial charge in [0.15, 0.2) is 0 Å². The maximum atomic E-state index is 6.16. The molecule has 0 bridgehead atoms. The molecule has 16 heavy (non-hydrogen) atoms. The van der Waals surface area contributed by atoms with Crippen LogP contribution in [0, 0.1) is 6.92 Å². The molecule has 1 aliphatic rings. The van der Waals surface area contributed by atoms with E-state index in [9.17, 15) is 0 Å². The maximum absolute atomic E-state index is 6.16. The molecule has 1 aliphatic heterocycles. The van der Waals surface area contributed by atoms with Crippen molar-refractivity contribution < 1.29 is 4.74 Å². The van der Waals surface area contributed by atoms with Crippen molar-refractivity contribution in [2.75, 3.05) is 38.2 Å². The van der Waals surface area contributed by atoms with Gasteiger partial charge in [0, 0.05) is 31.2 Å². The third-order valence-electron chi connectivity index (χ3n) is 2.98. The van der Waals surface area contributed by atoms with Crippen LogP contribution in [0.2, 0.25) is 5.02 Å². The smallest absolute Gasteiger partial charge is 0.142 e. The Labute approximate surface area is 101 Å². The summed E-state index contributed by atoms with van der Waals surface area (Å²) in [4.78, 5) is 2.33. The minimum atomic E-state index is 0.800. The first-order chi connectivity index (χ1) is 7.74. The number of halogens is 1. The summed E-state index contributed by atoms with van der Waals surface area (Å²) in [6.07, 6.45) is 0. The molecule has 1 N–H and O–H groups in total. The van der Waals surface area contributed by atoms with Crippen LogP contribution in [0.15, 0.2) is 12.1 Å². The van der Waals surface area contributed by atoms with Crippen molar-refractivity contribution in [3.05, 3.63) is 22.7 Å². The Morgan fingerprint density at radius 2 is 2.00 bits per heavy atom. The number of nitrogens with one attached hydrogen (secondary N) is 1. The van der Waals surface area contributed by atoms with Gasteiger partial charge in [0.05, 0.1) is 12.8 Å². The molecule has 0 aromatic heterocycles.